The molecule has 8 atom stereocenters. The Kier molecular flexibility index (Phi) is 22.9. The molecule has 75 heavy (non-hydrogen) atoms. The maximum absolute atomic E-state index is 14.9. The van der Waals surface area contributed by atoms with Crippen molar-refractivity contribution in [3.05, 3.63) is 89.0 Å². The molecule has 1 aliphatic rings. The summed E-state index contributed by atoms with van der Waals surface area (Å²) in [5, 5.41) is 0.305. The maximum Gasteiger partial charge on any atom is 0.329 e. The van der Waals surface area contributed by atoms with E-state index in [9.17, 15) is 38.4 Å². The molecule has 4 rings (SSSR count). The van der Waals surface area contributed by atoms with Gasteiger partial charge in [0.05, 0.1) is 0 Å². The first-order valence-electron chi connectivity index (χ1n) is 25.9. The molecule has 0 N–H and O–H groups in total. The molecule has 0 bridgehead atoms. The van der Waals surface area contributed by atoms with Crippen LogP contribution in [-0.2, 0) is 76.7 Å². The van der Waals surface area contributed by atoms with Crippen LogP contribution >= 0.6 is 11.6 Å². The molecule has 2 heterocycles. The lowest BCUT2D eigenvalue weighted by Crippen LogP contribution is -2.55. The Labute approximate surface area is 447 Å². The van der Waals surface area contributed by atoms with E-state index in [2.05, 4.69) is 4.98 Å². The van der Waals surface area contributed by atoms with Crippen LogP contribution in [0, 0.1) is 23.7 Å². The normalized spacial score (nSPS) is 24.0. The summed E-state index contributed by atoms with van der Waals surface area (Å²) in [5.41, 5.74) is 2.10. The Morgan fingerprint density at radius 1 is 0.467 bits per heavy atom. The van der Waals surface area contributed by atoms with Crippen molar-refractivity contribution in [3.8, 4) is 0 Å². The molecule has 4 amide bonds. The van der Waals surface area contributed by atoms with Crippen LogP contribution < -0.4 is 0 Å². The number of rotatable bonds is 14. The number of carbonyl (C=O) groups is 8. The molecular formula is C56H79ClN6O12. The molecule has 0 spiro atoms. The van der Waals surface area contributed by atoms with Gasteiger partial charge in [0.1, 0.15) is 24.2 Å². The van der Waals surface area contributed by atoms with Gasteiger partial charge in [0.2, 0.25) is 5.28 Å². The van der Waals surface area contributed by atoms with Gasteiger partial charge in [0.25, 0.3) is 23.6 Å². The van der Waals surface area contributed by atoms with E-state index in [0.717, 1.165) is 25.2 Å². The van der Waals surface area contributed by atoms with E-state index < -0.39 is 96.1 Å². The quantitative estimate of drug-likeness (QED) is 0.124. The largest absolute Gasteiger partial charge is 0.451 e. The van der Waals surface area contributed by atoms with E-state index in [1.54, 1.807) is 59.4 Å². The van der Waals surface area contributed by atoms with E-state index >= 15 is 0 Å². The van der Waals surface area contributed by atoms with E-state index in [0.29, 0.717) is 23.0 Å². The third kappa shape index (κ3) is 17.4. The smallest absolute Gasteiger partial charge is 0.329 e. The van der Waals surface area contributed by atoms with Crippen LogP contribution in [0.2, 0.25) is 5.28 Å². The highest BCUT2D eigenvalue weighted by atomic mass is 35.5. The number of ether oxygens (including phenoxy) is 4. The fourth-order valence-corrected chi connectivity index (χ4v) is 9.10. The highest BCUT2D eigenvalue weighted by Gasteiger charge is 2.43. The number of imidazole rings is 1. The van der Waals surface area contributed by atoms with Gasteiger partial charge in [0, 0.05) is 60.0 Å². The van der Waals surface area contributed by atoms with Gasteiger partial charge in [-0.05, 0) is 91.5 Å². The minimum atomic E-state index is -1.54. The number of carbonyl (C=O) groups excluding carboxylic acids is 8. The average Bonchev–Trinajstić information content (AvgIpc) is 3.76. The Hall–Kier alpha value is -6.30. The molecule has 1 fully saturated rings. The maximum atomic E-state index is 14.9. The van der Waals surface area contributed by atoms with Gasteiger partial charge in [0.15, 0.2) is 24.4 Å². The first-order valence-corrected chi connectivity index (χ1v) is 26.2. The molecule has 19 heteroatoms. The van der Waals surface area contributed by atoms with Gasteiger partial charge >= 0.3 is 23.9 Å². The summed E-state index contributed by atoms with van der Waals surface area (Å²) in [5.74, 6) is -7.36. The summed E-state index contributed by atoms with van der Waals surface area (Å²) < 4.78 is 25.7. The number of amides is 4. The monoisotopic (exact) mass is 1060 g/mol. The molecule has 18 nitrogen and oxygen atoms in total. The van der Waals surface area contributed by atoms with Crippen LogP contribution in [0.25, 0.3) is 0 Å². The van der Waals surface area contributed by atoms with Crippen molar-refractivity contribution in [3.63, 3.8) is 0 Å². The molecule has 3 aromatic rings. The second kappa shape index (κ2) is 28.0. The molecule has 1 saturated heterocycles. The number of cyclic esters (lactones) is 4. The Balaban J connectivity index is 1.86. The van der Waals surface area contributed by atoms with Gasteiger partial charge in [-0.25, -0.2) is 24.2 Å². The molecule has 2 aromatic carbocycles. The molecule has 1 aromatic heterocycles. The second-order valence-corrected chi connectivity index (χ2v) is 21.8. The van der Waals surface area contributed by atoms with Crippen LogP contribution in [0.15, 0.2) is 67.0 Å². The van der Waals surface area contributed by atoms with Crippen molar-refractivity contribution < 1.29 is 57.3 Å². The third-order valence-electron chi connectivity index (χ3n) is 13.2. The summed E-state index contributed by atoms with van der Waals surface area (Å²) in [4.78, 5) is 125. The summed E-state index contributed by atoms with van der Waals surface area (Å²) >= 11 is 6.23. The number of aromatic nitrogens is 2. The first-order chi connectivity index (χ1) is 35.2. The van der Waals surface area contributed by atoms with E-state index in [-0.39, 0.29) is 62.2 Å². The van der Waals surface area contributed by atoms with Crippen LogP contribution in [0.3, 0.4) is 0 Å². The summed E-state index contributed by atoms with van der Waals surface area (Å²) in [6, 6.07) is 11.0. The van der Waals surface area contributed by atoms with Gasteiger partial charge in [-0.3, -0.25) is 19.2 Å². The van der Waals surface area contributed by atoms with Crippen molar-refractivity contribution in [1.29, 1.82) is 0 Å². The van der Waals surface area contributed by atoms with Gasteiger partial charge in [-0.15, -0.1) is 0 Å². The Morgan fingerprint density at radius 2 is 0.787 bits per heavy atom. The lowest BCUT2D eigenvalue weighted by molar-refractivity contribution is -0.176. The number of hydrogen-bond acceptors (Lipinski definition) is 13. The van der Waals surface area contributed by atoms with Crippen molar-refractivity contribution in [2.45, 2.75) is 163 Å². The van der Waals surface area contributed by atoms with Crippen molar-refractivity contribution in [2.75, 3.05) is 28.2 Å². The SMILES string of the molecule is CC(C)C[C@H]1C(=O)O[C@H](Cc2ccc(Cn3ccnc3Cl)cc2)C(=O)N(C)[C@@H](CC(C)C)C(=O)O[C@H](C)C(=O)N(C)[C@@H](CC(C)C)C(=O)O[C@H](Cc2ccccc2)C(=O)N(C)[C@@H](CC(C)C)C(=O)O[C@H](C)C(=O)N1C. The minimum absolute atomic E-state index is 0.0828. The Bertz CT molecular complexity index is 2410. The molecule has 0 aliphatic carbocycles. The van der Waals surface area contributed by atoms with E-state index in [1.807, 2.05) is 67.5 Å². The van der Waals surface area contributed by atoms with Crippen LogP contribution in [0.4, 0.5) is 0 Å². The van der Waals surface area contributed by atoms with Crippen molar-refractivity contribution >= 4 is 59.1 Å². The molecular weight excluding hydrogens is 984 g/mol. The lowest BCUT2D eigenvalue weighted by atomic mass is 9.99. The first kappa shape index (κ1) is 61.2. The van der Waals surface area contributed by atoms with Gasteiger partial charge in [-0.2, -0.15) is 0 Å². The zero-order valence-electron chi connectivity index (χ0n) is 46.2. The zero-order valence-corrected chi connectivity index (χ0v) is 46.9. The standard InChI is InChI=1S/C56H79ClN6O12/c1-33(2)26-42-52(68)72-38(10)49(65)60(12)45(29-36(7)8)55(71)75-47(31-40-20-22-41(23-21-40)32-63-25-24-58-56(63)57)51(67)62(14)43(27-34(3)4)53(69)73-37(9)48(64)59(11)44(28-35(5)6)54(70)74-46(50(66)61(42)13)30-39-18-16-15-17-19-39/h15-25,33-38,42-47H,26-32H2,1-14H3/t37-,38-,42+,43+,44+,45+,46-,47-/m1/s1. The predicted molar refractivity (Wildman–Crippen MR) is 282 cm³/mol. The van der Waals surface area contributed by atoms with Crippen molar-refractivity contribution in [2.24, 2.45) is 23.7 Å². The zero-order chi connectivity index (χ0) is 56.0. The fourth-order valence-electron chi connectivity index (χ4n) is 8.93. The Morgan fingerprint density at radius 3 is 1.12 bits per heavy atom. The highest BCUT2D eigenvalue weighted by Crippen LogP contribution is 2.25. The topological polar surface area (TPSA) is 204 Å². The number of likely N-dealkylation sites (N-methyl/N-ethyl adjacent to an activating group) is 4. The third-order valence-corrected chi connectivity index (χ3v) is 13.5. The summed E-state index contributed by atoms with van der Waals surface area (Å²) in [6.07, 6.45) is -2.53. The summed E-state index contributed by atoms with van der Waals surface area (Å²) in [7, 11) is 5.54. The highest BCUT2D eigenvalue weighted by molar-refractivity contribution is 6.28. The molecule has 0 saturated carbocycles. The number of halogens is 1. The molecule has 1 aliphatic heterocycles. The van der Waals surface area contributed by atoms with Gasteiger partial charge in [-0.1, -0.05) is 110 Å². The predicted octanol–water partition coefficient (Wildman–Crippen LogP) is 6.56. The van der Waals surface area contributed by atoms with E-state index in [1.165, 1.54) is 42.0 Å². The molecule has 412 valence electrons. The molecule has 0 radical (unpaired) electrons. The average molecular weight is 1060 g/mol. The van der Waals surface area contributed by atoms with Crippen LogP contribution in [0.5, 0.6) is 0 Å². The number of esters is 4. The second-order valence-electron chi connectivity index (χ2n) is 21.4. The van der Waals surface area contributed by atoms with E-state index in [4.69, 9.17) is 30.5 Å². The fraction of sp³-hybridized carbons (Fsp3) is 0.589. The van der Waals surface area contributed by atoms with Crippen LogP contribution in [-0.4, -0.2) is 153 Å². The molecule has 0 unspecified atom stereocenters. The van der Waals surface area contributed by atoms with Crippen LogP contribution in [0.1, 0.15) is 112 Å². The number of hydrogen-bond donors (Lipinski definition) is 0. The lowest BCUT2D eigenvalue weighted by Gasteiger charge is -2.35. The number of nitrogens with zero attached hydrogens (tertiary/aromatic N) is 6. The van der Waals surface area contributed by atoms with Gasteiger partial charge < -0.3 is 43.1 Å². The summed E-state index contributed by atoms with van der Waals surface area (Å²) in [6.45, 7) is 17.9. The van der Waals surface area contributed by atoms with Crippen molar-refractivity contribution in [1.82, 2.24) is 29.2 Å². The minimum Gasteiger partial charge on any atom is -0.451 e. The number of benzene rings is 2.